The largest absolute Gasteiger partial charge is 0.493 e. The summed E-state index contributed by atoms with van der Waals surface area (Å²) in [6.45, 7) is 1.86. The third-order valence-corrected chi connectivity index (χ3v) is 3.05. The summed E-state index contributed by atoms with van der Waals surface area (Å²) >= 11 is 0. The maximum Gasteiger partial charge on any atom is 0.335 e. The Kier molecular flexibility index (Phi) is 5.85. The van der Waals surface area contributed by atoms with Gasteiger partial charge in [-0.3, -0.25) is 4.79 Å². The minimum absolute atomic E-state index is 0.0104. The summed E-state index contributed by atoms with van der Waals surface area (Å²) in [7, 11) is 0. The molecule has 1 unspecified atom stereocenters. The van der Waals surface area contributed by atoms with Crippen LogP contribution in [0, 0.1) is 0 Å². The van der Waals surface area contributed by atoms with Gasteiger partial charge in [-0.1, -0.05) is 6.07 Å². The predicted octanol–water partition coefficient (Wildman–Crippen LogP) is 0.0168. The Labute approximate surface area is 137 Å². The van der Waals surface area contributed by atoms with Gasteiger partial charge >= 0.3 is 5.97 Å². The molecule has 0 saturated heterocycles. The van der Waals surface area contributed by atoms with Gasteiger partial charge in [-0.15, -0.1) is 0 Å². The van der Waals surface area contributed by atoms with Crippen LogP contribution in [-0.2, 0) is 9.53 Å². The number of esters is 1. The number of aromatic hydroxyl groups is 1. The monoisotopic (exact) mass is 334 g/mol. The molecule has 24 heavy (non-hydrogen) atoms. The molecule has 0 bridgehead atoms. The Balaban J connectivity index is 1.93. The number of pyridine rings is 1. The van der Waals surface area contributed by atoms with Crippen LogP contribution in [0.4, 0.5) is 0 Å². The molecule has 0 saturated carbocycles. The molecule has 0 fully saturated rings. The van der Waals surface area contributed by atoms with E-state index in [1.54, 1.807) is 25.1 Å². The summed E-state index contributed by atoms with van der Waals surface area (Å²) in [5, 5.41) is 25.9. The number of aliphatic hydroxyl groups excluding tert-OH is 1. The van der Waals surface area contributed by atoms with Crippen molar-refractivity contribution in [3.05, 3.63) is 36.2 Å². The molecule has 0 spiro atoms. The van der Waals surface area contributed by atoms with Crippen LogP contribution in [0.15, 0.2) is 30.5 Å². The fraction of sp³-hybridized carbons (Fsp3) is 0.333. The van der Waals surface area contributed by atoms with Crippen molar-refractivity contribution in [2.45, 2.75) is 19.4 Å². The van der Waals surface area contributed by atoms with Gasteiger partial charge in [0.05, 0.1) is 6.61 Å². The fourth-order valence-corrected chi connectivity index (χ4v) is 1.90. The topological polar surface area (TPSA) is 127 Å². The van der Waals surface area contributed by atoms with Crippen molar-refractivity contribution in [2.75, 3.05) is 13.2 Å². The number of hydrogen-bond donors (Lipinski definition) is 3. The van der Waals surface area contributed by atoms with Crippen molar-refractivity contribution in [3.8, 4) is 11.7 Å². The van der Waals surface area contributed by atoms with E-state index in [0.29, 0.717) is 5.82 Å². The quantitative estimate of drug-likeness (QED) is 0.609. The first kappa shape index (κ1) is 17.4. The average molecular weight is 334 g/mol. The smallest absolute Gasteiger partial charge is 0.335 e. The average Bonchev–Trinajstić information content (AvgIpc) is 2.97. The summed E-state index contributed by atoms with van der Waals surface area (Å²) in [4.78, 5) is 27.3. The van der Waals surface area contributed by atoms with E-state index >= 15 is 0 Å². The van der Waals surface area contributed by atoms with E-state index in [9.17, 15) is 19.8 Å². The van der Waals surface area contributed by atoms with Crippen molar-refractivity contribution in [3.63, 3.8) is 0 Å². The highest BCUT2D eigenvalue weighted by Gasteiger charge is 2.18. The van der Waals surface area contributed by atoms with Crippen LogP contribution in [0.25, 0.3) is 5.82 Å². The highest BCUT2D eigenvalue weighted by atomic mass is 16.5. The van der Waals surface area contributed by atoms with Gasteiger partial charge in [-0.2, -0.15) is 9.78 Å². The normalized spacial score (nSPS) is 11.8. The molecule has 1 amide bonds. The highest BCUT2D eigenvalue weighted by Crippen LogP contribution is 2.16. The standard InChI is InChI=1S/C15H18N4O5/c1-2-24-15(23)11(20)6-8-17-14(22)10-9-13(21)19(18-10)12-5-3-4-7-16-12/h3-5,7,9,11,20-21H,2,6,8H2,1H3,(H,17,22). The summed E-state index contributed by atoms with van der Waals surface area (Å²) < 4.78 is 5.78. The van der Waals surface area contributed by atoms with Crippen LogP contribution >= 0.6 is 0 Å². The van der Waals surface area contributed by atoms with Gasteiger partial charge < -0.3 is 20.3 Å². The lowest BCUT2D eigenvalue weighted by atomic mass is 10.2. The molecular formula is C15H18N4O5. The molecule has 0 aromatic carbocycles. The second-order valence-electron chi connectivity index (χ2n) is 4.80. The molecular weight excluding hydrogens is 316 g/mol. The maximum atomic E-state index is 12.0. The zero-order chi connectivity index (χ0) is 17.5. The van der Waals surface area contributed by atoms with Crippen molar-refractivity contribution < 1.29 is 24.5 Å². The molecule has 1 atom stereocenters. The predicted molar refractivity (Wildman–Crippen MR) is 82.6 cm³/mol. The first-order valence-corrected chi connectivity index (χ1v) is 7.36. The Hall–Kier alpha value is -2.94. The summed E-state index contributed by atoms with van der Waals surface area (Å²) in [6, 6.07) is 6.27. The van der Waals surface area contributed by atoms with Gasteiger partial charge in [0.25, 0.3) is 5.91 Å². The first-order valence-electron chi connectivity index (χ1n) is 7.36. The van der Waals surface area contributed by atoms with Crippen molar-refractivity contribution in [2.24, 2.45) is 0 Å². The Morgan fingerprint density at radius 2 is 2.21 bits per heavy atom. The molecule has 0 aliphatic heterocycles. The minimum atomic E-state index is -1.30. The Morgan fingerprint density at radius 1 is 1.42 bits per heavy atom. The number of nitrogens with zero attached hydrogens (tertiary/aromatic N) is 3. The number of carbonyl (C=O) groups is 2. The van der Waals surface area contributed by atoms with Gasteiger partial charge in [-0.05, 0) is 19.1 Å². The summed E-state index contributed by atoms with van der Waals surface area (Å²) in [5.74, 6) is -1.14. The van der Waals surface area contributed by atoms with Crippen LogP contribution < -0.4 is 5.32 Å². The fourth-order valence-electron chi connectivity index (χ4n) is 1.90. The molecule has 0 aliphatic carbocycles. The third kappa shape index (κ3) is 4.29. The molecule has 2 heterocycles. The third-order valence-electron chi connectivity index (χ3n) is 3.05. The molecule has 0 radical (unpaired) electrons. The van der Waals surface area contributed by atoms with Crippen LogP contribution in [0.1, 0.15) is 23.8 Å². The zero-order valence-electron chi connectivity index (χ0n) is 13.0. The lowest BCUT2D eigenvalue weighted by Gasteiger charge is -2.09. The van der Waals surface area contributed by atoms with Gasteiger partial charge in [0.2, 0.25) is 5.88 Å². The SMILES string of the molecule is CCOC(=O)C(O)CCNC(=O)c1cc(O)n(-c2ccccn2)n1. The Morgan fingerprint density at radius 3 is 2.88 bits per heavy atom. The first-order chi connectivity index (χ1) is 11.5. The van der Waals surface area contributed by atoms with E-state index in [-0.39, 0.29) is 31.1 Å². The molecule has 9 nitrogen and oxygen atoms in total. The number of aromatic nitrogens is 3. The summed E-state index contributed by atoms with van der Waals surface area (Å²) in [5.41, 5.74) is -0.0104. The van der Waals surface area contributed by atoms with Crippen LogP contribution in [0.5, 0.6) is 5.88 Å². The molecule has 2 rings (SSSR count). The lowest BCUT2D eigenvalue weighted by molar-refractivity contribution is -0.153. The molecule has 2 aromatic rings. The highest BCUT2D eigenvalue weighted by molar-refractivity contribution is 5.92. The van der Waals surface area contributed by atoms with Crippen LogP contribution in [0.2, 0.25) is 0 Å². The van der Waals surface area contributed by atoms with Gasteiger partial charge in [-0.25, -0.2) is 9.78 Å². The van der Waals surface area contributed by atoms with E-state index in [1.165, 1.54) is 12.3 Å². The number of aliphatic hydroxyl groups is 1. The second kappa shape index (κ2) is 8.06. The number of carbonyl (C=O) groups excluding carboxylic acids is 2. The van der Waals surface area contributed by atoms with E-state index in [0.717, 1.165) is 4.68 Å². The van der Waals surface area contributed by atoms with Crippen LogP contribution in [0.3, 0.4) is 0 Å². The number of hydrogen-bond acceptors (Lipinski definition) is 7. The van der Waals surface area contributed by atoms with Gasteiger partial charge in [0, 0.05) is 25.2 Å². The number of rotatable bonds is 7. The molecule has 2 aromatic heterocycles. The van der Waals surface area contributed by atoms with Crippen LogP contribution in [-0.4, -0.2) is 56.1 Å². The van der Waals surface area contributed by atoms with E-state index in [1.807, 2.05) is 0 Å². The van der Waals surface area contributed by atoms with Crippen molar-refractivity contribution in [1.29, 1.82) is 0 Å². The van der Waals surface area contributed by atoms with Crippen molar-refractivity contribution in [1.82, 2.24) is 20.1 Å². The molecule has 3 N–H and O–H groups in total. The number of ether oxygens (including phenoxy) is 1. The van der Waals surface area contributed by atoms with E-state index in [4.69, 9.17) is 0 Å². The summed E-state index contributed by atoms with van der Waals surface area (Å²) in [6.07, 6.45) is 0.245. The number of nitrogens with one attached hydrogen (secondary N) is 1. The van der Waals surface area contributed by atoms with Gasteiger partial charge in [0.15, 0.2) is 17.6 Å². The maximum absolute atomic E-state index is 12.0. The van der Waals surface area contributed by atoms with E-state index in [2.05, 4.69) is 20.1 Å². The second-order valence-corrected chi connectivity index (χ2v) is 4.80. The molecule has 128 valence electrons. The van der Waals surface area contributed by atoms with E-state index < -0.39 is 18.0 Å². The molecule has 9 heteroatoms. The molecule has 0 aliphatic rings. The minimum Gasteiger partial charge on any atom is -0.493 e. The number of amides is 1. The van der Waals surface area contributed by atoms with Gasteiger partial charge in [0.1, 0.15) is 0 Å². The van der Waals surface area contributed by atoms with Crippen molar-refractivity contribution >= 4 is 11.9 Å². The Bertz CT molecular complexity index is 701. The zero-order valence-corrected chi connectivity index (χ0v) is 13.0. The lowest BCUT2D eigenvalue weighted by Crippen LogP contribution is -2.31.